The van der Waals surface area contributed by atoms with Crippen LogP contribution in [0.2, 0.25) is 0 Å². The first-order chi connectivity index (χ1) is 14.1. The first kappa shape index (κ1) is 22.0. The van der Waals surface area contributed by atoms with Crippen molar-refractivity contribution in [3.63, 3.8) is 0 Å². The van der Waals surface area contributed by atoms with E-state index in [0.717, 1.165) is 4.57 Å². The molecule has 2 aromatic heterocycles. The van der Waals surface area contributed by atoms with Crippen molar-refractivity contribution in [2.75, 3.05) is 12.3 Å². The van der Waals surface area contributed by atoms with Crippen molar-refractivity contribution < 1.29 is 23.4 Å². The van der Waals surface area contributed by atoms with Crippen LogP contribution in [0.4, 0.5) is 9.18 Å². The van der Waals surface area contributed by atoms with Crippen LogP contribution >= 0.6 is 27.7 Å². The molecule has 160 valence electrons. The van der Waals surface area contributed by atoms with Crippen molar-refractivity contribution in [1.82, 2.24) is 24.9 Å². The molecule has 0 aliphatic rings. The van der Waals surface area contributed by atoms with E-state index in [0.29, 0.717) is 16.5 Å². The highest BCUT2D eigenvalue weighted by atomic mass is 79.9. The molecule has 3 rings (SSSR count). The number of carbonyl (C=O) groups is 1. The van der Waals surface area contributed by atoms with E-state index < -0.39 is 23.2 Å². The third-order valence-corrected chi connectivity index (χ3v) is 5.57. The second-order valence-electron chi connectivity index (χ2n) is 7.08. The van der Waals surface area contributed by atoms with E-state index in [9.17, 15) is 19.1 Å². The molecule has 13 heteroatoms. The molecule has 0 bridgehead atoms. The van der Waals surface area contributed by atoms with Gasteiger partial charge in [0.2, 0.25) is 5.82 Å². The summed E-state index contributed by atoms with van der Waals surface area (Å²) >= 11 is 4.27. The first-order valence-electron chi connectivity index (χ1n) is 8.60. The van der Waals surface area contributed by atoms with Gasteiger partial charge in [0, 0.05) is 17.8 Å². The summed E-state index contributed by atoms with van der Waals surface area (Å²) in [5.41, 5.74) is -0.128. The molecule has 1 N–H and O–H groups in total. The molecule has 0 spiro atoms. The zero-order valence-corrected chi connectivity index (χ0v) is 18.5. The van der Waals surface area contributed by atoms with Crippen LogP contribution in [-0.2, 0) is 0 Å². The largest absolute Gasteiger partial charge is 0.465 e. The zero-order chi connectivity index (χ0) is 22.1. The van der Waals surface area contributed by atoms with Crippen molar-refractivity contribution in [1.29, 1.82) is 0 Å². The molecule has 1 aromatic carbocycles. The SMILES string of the molecule is CC(C)(C)N(CCSc1nonc1-c1noc(=O)n1-c1ccc(F)c(Br)c1)C(=O)O. The van der Waals surface area contributed by atoms with Crippen LogP contribution in [0.3, 0.4) is 0 Å². The number of hydrogen-bond acceptors (Lipinski definition) is 8. The third kappa shape index (κ3) is 4.56. The van der Waals surface area contributed by atoms with Gasteiger partial charge >= 0.3 is 11.8 Å². The van der Waals surface area contributed by atoms with E-state index >= 15 is 0 Å². The average molecular weight is 502 g/mol. The molecule has 0 saturated heterocycles. The van der Waals surface area contributed by atoms with Gasteiger partial charge in [0.15, 0.2) is 10.7 Å². The van der Waals surface area contributed by atoms with Gasteiger partial charge in [-0.1, -0.05) is 16.9 Å². The van der Waals surface area contributed by atoms with Crippen LogP contribution in [-0.4, -0.2) is 54.0 Å². The lowest BCUT2D eigenvalue weighted by atomic mass is 10.1. The molecule has 30 heavy (non-hydrogen) atoms. The summed E-state index contributed by atoms with van der Waals surface area (Å²) in [6.07, 6.45) is -1.03. The number of rotatable bonds is 6. The minimum atomic E-state index is -1.03. The Bertz CT molecular complexity index is 1120. The molecular weight excluding hydrogens is 485 g/mol. The minimum absolute atomic E-state index is 0.0215. The Morgan fingerprint density at radius 3 is 2.70 bits per heavy atom. The lowest BCUT2D eigenvalue weighted by molar-refractivity contribution is 0.105. The molecule has 0 unspecified atom stereocenters. The highest BCUT2D eigenvalue weighted by molar-refractivity contribution is 9.10. The maximum atomic E-state index is 13.6. The van der Waals surface area contributed by atoms with Crippen molar-refractivity contribution in [3.05, 3.63) is 39.0 Å². The summed E-state index contributed by atoms with van der Waals surface area (Å²) in [6.45, 7) is 5.61. The van der Waals surface area contributed by atoms with E-state index in [1.54, 1.807) is 20.8 Å². The monoisotopic (exact) mass is 501 g/mol. The Morgan fingerprint density at radius 2 is 2.07 bits per heavy atom. The van der Waals surface area contributed by atoms with Gasteiger partial charge in [-0.25, -0.2) is 23.2 Å². The summed E-state index contributed by atoms with van der Waals surface area (Å²) in [4.78, 5) is 25.0. The molecule has 0 aliphatic carbocycles. The second kappa shape index (κ2) is 8.60. The fourth-order valence-electron chi connectivity index (χ4n) is 2.61. The predicted molar refractivity (Wildman–Crippen MR) is 108 cm³/mol. The van der Waals surface area contributed by atoms with Gasteiger partial charge < -0.3 is 10.0 Å². The van der Waals surface area contributed by atoms with Gasteiger partial charge in [-0.2, -0.15) is 0 Å². The third-order valence-electron chi connectivity index (χ3n) is 4.03. The Kier molecular flexibility index (Phi) is 6.31. The average Bonchev–Trinajstić information content (AvgIpc) is 3.25. The van der Waals surface area contributed by atoms with Gasteiger partial charge in [0.05, 0.1) is 10.2 Å². The van der Waals surface area contributed by atoms with Crippen LogP contribution < -0.4 is 5.76 Å². The molecular formula is C17H17BrFN5O5S. The highest BCUT2D eigenvalue weighted by Crippen LogP contribution is 2.29. The van der Waals surface area contributed by atoms with Crippen molar-refractivity contribution in [2.24, 2.45) is 0 Å². The molecule has 10 nitrogen and oxygen atoms in total. The molecule has 0 radical (unpaired) electrons. The number of thioether (sulfide) groups is 1. The van der Waals surface area contributed by atoms with E-state index in [1.807, 2.05) is 0 Å². The van der Waals surface area contributed by atoms with Gasteiger partial charge in [-0.15, -0.1) is 0 Å². The van der Waals surface area contributed by atoms with E-state index in [4.69, 9.17) is 9.15 Å². The Labute approximate surface area is 182 Å². The lowest BCUT2D eigenvalue weighted by Gasteiger charge is -2.32. The van der Waals surface area contributed by atoms with Crippen molar-refractivity contribution >= 4 is 33.8 Å². The Balaban J connectivity index is 1.87. The number of benzene rings is 1. The molecule has 2 heterocycles. The normalized spacial score (nSPS) is 11.6. The van der Waals surface area contributed by atoms with Crippen LogP contribution in [0.5, 0.6) is 0 Å². The lowest BCUT2D eigenvalue weighted by Crippen LogP contribution is -2.46. The minimum Gasteiger partial charge on any atom is -0.465 e. The fourth-order valence-corrected chi connectivity index (χ4v) is 3.80. The van der Waals surface area contributed by atoms with Crippen LogP contribution in [0, 0.1) is 5.82 Å². The van der Waals surface area contributed by atoms with E-state index in [2.05, 4.69) is 31.4 Å². The summed E-state index contributed by atoms with van der Waals surface area (Å²) in [7, 11) is 0. The van der Waals surface area contributed by atoms with Crippen LogP contribution in [0.1, 0.15) is 20.8 Å². The van der Waals surface area contributed by atoms with Gasteiger partial charge in [0.25, 0.3) is 0 Å². The molecule has 1 amide bonds. The molecule has 0 fully saturated rings. The van der Waals surface area contributed by atoms with Crippen molar-refractivity contribution in [2.45, 2.75) is 31.3 Å². The Hall–Kier alpha value is -2.67. The fraction of sp³-hybridized carbons (Fsp3) is 0.353. The van der Waals surface area contributed by atoms with E-state index in [-0.39, 0.29) is 22.5 Å². The quantitative estimate of drug-likeness (QED) is 0.503. The Morgan fingerprint density at radius 1 is 1.33 bits per heavy atom. The smallest absolute Gasteiger partial charge is 0.446 e. The second-order valence-corrected chi connectivity index (χ2v) is 9.02. The van der Waals surface area contributed by atoms with Crippen LogP contribution in [0.25, 0.3) is 17.2 Å². The van der Waals surface area contributed by atoms with Crippen molar-refractivity contribution in [3.8, 4) is 17.2 Å². The number of carboxylic acid groups (broad SMARTS) is 1. The maximum absolute atomic E-state index is 13.6. The predicted octanol–water partition coefficient (Wildman–Crippen LogP) is 3.65. The summed E-state index contributed by atoms with van der Waals surface area (Å²) in [5, 5.41) is 21.1. The first-order valence-corrected chi connectivity index (χ1v) is 10.4. The van der Waals surface area contributed by atoms with Gasteiger partial charge in [-0.3, -0.25) is 4.52 Å². The summed E-state index contributed by atoms with van der Waals surface area (Å²) < 4.78 is 24.4. The maximum Gasteiger partial charge on any atom is 0.446 e. The number of amides is 1. The topological polar surface area (TPSA) is 127 Å². The highest BCUT2D eigenvalue weighted by Gasteiger charge is 2.27. The molecule has 0 atom stereocenters. The number of hydrogen-bond donors (Lipinski definition) is 1. The van der Waals surface area contributed by atoms with E-state index in [1.165, 1.54) is 34.9 Å². The number of halogens is 2. The summed E-state index contributed by atoms with van der Waals surface area (Å²) in [6, 6.07) is 3.97. The summed E-state index contributed by atoms with van der Waals surface area (Å²) in [5.74, 6) is -0.916. The van der Waals surface area contributed by atoms with Crippen LogP contribution in [0.15, 0.2) is 41.6 Å². The zero-order valence-electron chi connectivity index (χ0n) is 16.1. The molecule has 0 saturated carbocycles. The van der Waals surface area contributed by atoms with Gasteiger partial charge in [-0.05, 0) is 65.2 Å². The number of nitrogens with zero attached hydrogens (tertiary/aromatic N) is 5. The van der Waals surface area contributed by atoms with Gasteiger partial charge in [0.1, 0.15) is 5.82 Å². The molecule has 0 aliphatic heterocycles. The standard InChI is InChI=1S/C17H17BrFN5O5S/c1-17(2,3)23(15(25)26)6-7-30-14-12(20-29-22-14)13-21-28-16(27)24(13)9-4-5-11(19)10(18)8-9/h4-5,8H,6-7H2,1-3H3,(H,25,26). The number of aromatic nitrogens is 4. The molecule has 3 aromatic rings.